The van der Waals surface area contributed by atoms with E-state index in [-0.39, 0.29) is 11.7 Å². The van der Waals surface area contributed by atoms with Gasteiger partial charge in [-0.15, -0.1) is 0 Å². The van der Waals surface area contributed by atoms with Crippen molar-refractivity contribution in [3.8, 4) is 5.75 Å². The van der Waals surface area contributed by atoms with Crippen LogP contribution < -0.4 is 5.32 Å². The van der Waals surface area contributed by atoms with Crippen molar-refractivity contribution in [2.75, 3.05) is 26.2 Å². The molecule has 1 amide bonds. The van der Waals surface area contributed by atoms with Crippen LogP contribution in [0.25, 0.3) is 0 Å². The Balaban J connectivity index is 1.95. The van der Waals surface area contributed by atoms with Gasteiger partial charge < -0.3 is 15.3 Å². The van der Waals surface area contributed by atoms with E-state index >= 15 is 0 Å². The molecule has 2 N–H and O–H groups in total. The molecular weight excluding hydrogens is 216 g/mol. The number of benzene rings is 1. The highest BCUT2D eigenvalue weighted by atomic mass is 16.3. The first kappa shape index (κ1) is 11.9. The number of phenols is 1. The molecule has 2 rings (SSSR count). The first-order valence-corrected chi connectivity index (χ1v) is 6.02. The van der Waals surface area contributed by atoms with Gasteiger partial charge in [-0.25, -0.2) is 0 Å². The summed E-state index contributed by atoms with van der Waals surface area (Å²) in [5, 5.41) is 12.6. The van der Waals surface area contributed by atoms with Gasteiger partial charge in [-0.3, -0.25) is 4.79 Å². The second-order valence-corrected chi connectivity index (χ2v) is 4.33. The number of amides is 1. The van der Waals surface area contributed by atoms with Crippen molar-refractivity contribution in [2.24, 2.45) is 0 Å². The fourth-order valence-corrected chi connectivity index (χ4v) is 2.05. The van der Waals surface area contributed by atoms with Crippen molar-refractivity contribution in [1.82, 2.24) is 10.2 Å². The van der Waals surface area contributed by atoms with E-state index in [0.29, 0.717) is 6.42 Å². The molecule has 0 radical (unpaired) electrons. The quantitative estimate of drug-likeness (QED) is 0.794. The van der Waals surface area contributed by atoms with Gasteiger partial charge in [0.2, 0.25) is 5.91 Å². The Labute approximate surface area is 101 Å². The maximum Gasteiger partial charge on any atom is 0.227 e. The average Bonchev–Trinajstić information content (AvgIpc) is 2.57. The number of carbonyl (C=O) groups is 1. The van der Waals surface area contributed by atoms with E-state index < -0.39 is 0 Å². The molecule has 0 unspecified atom stereocenters. The van der Waals surface area contributed by atoms with Crippen LogP contribution in [0, 0.1) is 0 Å². The van der Waals surface area contributed by atoms with Gasteiger partial charge in [-0.2, -0.15) is 0 Å². The van der Waals surface area contributed by atoms with Crippen LogP contribution in [0.3, 0.4) is 0 Å². The van der Waals surface area contributed by atoms with Gasteiger partial charge >= 0.3 is 0 Å². The summed E-state index contributed by atoms with van der Waals surface area (Å²) in [6.45, 7) is 3.45. The minimum atomic E-state index is 0.138. The van der Waals surface area contributed by atoms with E-state index in [1.807, 2.05) is 11.0 Å². The van der Waals surface area contributed by atoms with E-state index in [0.717, 1.165) is 38.2 Å². The Hall–Kier alpha value is -1.55. The second kappa shape index (κ2) is 5.68. The predicted molar refractivity (Wildman–Crippen MR) is 65.9 cm³/mol. The minimum absolute atomic E-state index is 0.138. The summed E-state index contributed by atoms with van der Waals surface area (Å²) in [4.78, 5) is 13.9. The third-order valence-corrected chi connectivity index (χ3v) is 2.96. The monoisotopic (exact) mass is 234 g/mol. The molecule has 17 heavy (non-hydrogen) atoms. The number of carbonyl (C=O) groups excluding carboxylic acids is 1. The standard InChI is InChI=1S/C13H18N2O2/c16-12-4-1-3-11(9-12)10-13(17)15-7-2-5-14-6-8-15/h1,3-4,9,14,16H,2,5-8,10H2. The number of hydrogen-bond acceptors (Lipinski definition) is 3. The lowest BCUT2D eigenvalue weighted by atomic mass is 10.1. The number of nitrogens with zero attached hydrogens (tertiary/aromatic N) is 1. The molecule has 0 atom stereocenters. The fraction of sp³-hybridized carbons (Fsp3) is 0.462. The number of rotatable bonds is 2. The number of hydrogen-bond donors (Lipinski definition) is 2. The highest BCUT2D eigenvalue weighted by Gasteiger charge is 2.15. The van der Waals surface area contributed by atoms with Crippen molar-refractivity contribution in [3.05, 3.63) is 29.8 Å². The van der Waals surface area contributed by atoms with Gasteiger partial charge in [0.15, 0.2) is 0 Å². The molecule has 0 aromatic heterocycles. The van der Waals surface area contributed by atoms with Crippen LogP contribution >= 0.6 is 0 Å². The average molecular weight is 234 g/mol. The number of aromatic hydroxyl groups is 1. The Kier molecular flexibility index (Phi) is 3.98. The highest BCUT2D eigenvalue weighted by molar-refractivity contribution is 5.78. The zero-order valence-electron chi connectivity index (χ0n) is 9.85. The van der Waals surface area contributed by atoms with Gasteiger partial charge in [-0.05, 0) is 30.7 Å². The maximum absolute atomic E-state index is 12.0. The minimum Gasteiger partial charge on any atom is -0.508 e. The van der Waals surface area contributed by atoms with Gasteiger partial charge in [0, 0.05) is 19.6 Å². The van der Waals surface area contributed by atoms with Gasteiger partial charge in [0.25, 0.3) is 0 Å². The third-order valence-electron chi connectivity index (χ3n) is 2.96. The lowest BCUT2D eigenvalue weighted by molar-refractivity contribution is -0.130. The fourth-order valence-electron chi connectivity index (χ4n) is 2.05. The Morgan fingerprint density at radius 2 is 2.24 bits per heavy atom. The van der Waals surface area contributed by atoms with Gasteiger partial charge in [0.05, 0.1) is 6.42 Å². The largest absolute Gasteiger partial charge is 0.508 e. The topological polar surface area (TPSA) is 52.6 Å². The van der Waals surface area contributed by atoms with Gasteiger partial charge in [0.1, 0.15) is 5.75 Å². The van der Waals surface area contributed by atoms with Crippen LogP contribution in [0.1, 0.15) is 12.0 Å². The molecule has 0 spiro atoms. The summed E-state index contributed by atoms with van der Waals surface area (Å²) in [5.74, 6) is 0.354. The normalized spacial score (nSPS) is 16.6. The smallest absolute Gasteiger partial charge is 0.227 e. The van der Waals surface area contributed by atoms with E-state index in [2.05, 4.69) is 5.32 Å². The van der Waals surface area contributed by atoms with Gasteiger partial charge in [-0.1, -0.05) is 12.1 Å². The molecule has 0 saturated carbocycles. The molecule has 1 aromatic rings. The molecule has 1 aliphatic heterocycles. The van der Waals surface area contributed by atoms with Crippen LogP contribution in [0.15, 0.2) is 24.3 Å². The van der Waals surface area contributed by atoms with E-state index in [1.165, 1.54) is 0 Å². The number of phenolic OH excluding ortho intramolecular Hbond substituents is 1. The lowest BCUT2D eigenvalue weighted by Crippen LogP contribution is -2.35. The first-order chi connectivity index (χ1) is 8.25. The van der Waals surface area contributed by atoms with Crippen molar-refractivity contribution < 1.29 is 9.90 Å². The molecule has 92 valence electrons. The second-order valence-electron chi connectivity index (χ2n) is 4.33. The van der Waals surface area contributed by atoms with Crippen LogP contribution in [0.5, 0.6) is 5.75 Å². The Bertz CT molecular complexity index is 385. The maximum atomic E-state index is 12.0. The molecule has 1 saturated heterocycles. The summed E-state index contributed by atoms with van der Waals surface area (Å²) in [6.07, 6.45) is 1.38. The van der Waals surface area contributed by atoms with E-state index in [1.54, 1.807) is 18.2 Å². The van der Waals surface area contributed by atoms with Crippen molar-refractivity contribution in [1.29, 1.82) is 0 Å². The van der Waals surface area contributed by atoms with E-state index in [9.17, 15) is 9.90 Å². The molecule has 1 heterocycles. The summed E-state index contributed by atoms with van der Waals surface area (Å²) in [7, 11) is 0. The molecule has 1 fully saturated rings. The van der Waals surface area contributed by atoms with Crippen molar-refractivity contribution in [3.63, 3.8) is 0 Å². The molecule has 4 nitrogen and oxygen atoms in total. The molecular formula is C13H18N2O2. The molecule has 1 aromatic carbocycles. The molecule has 0 bridgehead atoms. The summed E-state index contributed by atoms with van der Waals surface area (Å²) >= 11 is 0. The predicted octanol–water partition coefficient (Wildman–Crippen LogP) is 0.757. The summed E-state index contributed by atoms with van der Waals surface area (Å²) in [6, 6.07) is 6.90. The SMILES string of the molecule is O=C(Cc1cccc(O)c1)N1CCCNCC1. The molecule has 0 aliphatic carbocycles. The van der Waals surface area contributed by atoms with Crippen molar-refractivity contribution in [2.45, 2.75) is 12.8 Å². The Morgan fingerprint density at radius 3 is 3.06 bits per heavy atom. The van der Waals surface area contributed by atoms with Crippen molar-refractivity contribution >= 4 is 5.91 Å². The first-order valence-electron chi connectivity index (χ1n) is 6.02. The third kappa shape index (κ3) is 3.46. The molecule has 1 aliphatic rings. The highest BCUT2D eigenvalue weighted by Crippen LogP contribution is 2.12. The van der Waals surface area contributed by atoms with Crippen LogP contribution in [0.2, 0.25) is 0 Å². The van der Waals surface area contributed by atoms with Crippen LogP contribution in [-0.4, -0.2) is 42.1 Å². The summed E-state index contributed by atoms with van der Waals surface area (Å²) in [5.41, 5.74) is 0.868. The zero-order chi connectivity index (χ0) is 12.1. The Morgan fingerprint density at radius 1 is 1.35 bits per heavy atom. The summed E-state index contributed by atoms with van der Waals surface area (Å²) < 4.78 is 0. The lowest BCUT2D eigenvalue weighted by Gasteiger charge is -2.19. The number of nitrogens with one attached hydrogen (secondary N) is 1. The zero-order valence-corrected chi connectivity index (χ0v) is 9.85. The molecule has 4 heteroatoms. The van der Waals surface area contributed by atoms with Crippen LogP contribution in [-0.2, 0) is 11.2 Å². The van der Waals surface area contributed by atoms with E-state index in [4.69, 9.17) is 0 Å². The van der Waals surface area contributed by atoms with Crippen LogP contribution in [0.4, 0.5) is 0 Å².